The van der Waals surface area contributed by atoms with Crippen molar-refractivity contribution >= 4 is 34.1 Å². The highest BCUT2D eigenvalue weighted by molar-refractivity contribution is 6.29. The van der Waals surface area contributed by atoms with Gasteiger partial charge in [-0.1, -0.05) is 11.6 Å². The van der Waals surface area contributed by atoms with Gasteiger partial charge >= 0.3 is 0 Å². The molecule has 6 nitrogen and oxygen atoms in total. The fraction of sp³-hybridized carbons (Fsp3) is 0.125. The molecule has 2 heterocycles. The van der Waals surface area contributed by atoms with Gasteiger partial charge in [0.25, 0.3) is 0 Å². The van der Waals surface area contributed by atoms with Crippen molar-refractivity contribution in [1.29, 1.82) is 0 Å². The van der Waals surface area contributed by atoms with Crippen LogP contribution in [0.2, 0.25) is 0 Å². The van der Waals surface area contributed by atoms with E-state index >= 15 is 0 Å². The molecule has 0 aliphatic rings. The van der Waals surface area contributed by atoms with Crippen molar-refractivity contribution in [2.45, 2.75) is 6.92 Å². The minimum absolute atomic E-state index is 0.149. The van der Waals surface area contributed by atoms with Gasteiger partial charge in [-0.15, -0.1) is 11.6 Å². The summed E-state index contributed by atoms with van der Waals surface area (Å²) in [4.78, 5) is 24.0. The van der Waals surface area contributed by atoms with Crippen LogP contribution in [0.5, 0.6) is 11.8 Å². The number of aromatic nitrogens is 3. The first-order valence-electron chi connectivity index (χ1n) is 6.87. The molecule has 0 saturated carbocycles. The maximum atomic E-state index is 11.5. The third-order valence-electron chi connectivity index (χ3n) is 3.11. The van der Waals surface area contributed by atoms with Gasteiger partial charge in [-0.3, -0.25) is 4.79 Å². The van der Waals surface area contributed by atoms with E-state index in [1.54, 1.807) is 18.3 Å². The van der Waals surface area contributed by atoms with Crippen molar-refractivity contribution in [3.05, 3.63) is 48.4 Å². The monoisotopic (exact) mass is 328 g/mol. The molecule has 0 fully saturated rings. The number of carbonyl (C=O) groups excluding carboxylic acids is 1. The molecule has 0 unspecified atom stereocenters. The summed E-state index contributed by atoms with van der Waals surface area (Å²) in [5.41, 5.74) is 2.26. The van der Waals surface area contributed by atoms with Crippen LogP contribution in [0.4, 0.5) is 5.69 Å². The first-order chi connectivity index (χ1) is 11.2. The Bertz CT molecular complexity index is 870. The van der Waals surface area contributed by atoms with Gasteiger partial charge in [0.05, 0.1) is 10.9 Å². The minimum Gasteiger partial charge on any atom is -0.418 e. The van der Waals surface area contributed by atoms with E-state index in [0.717, 1.165) is 16.5 Å². The zero-order valence-corrected chi connectivity index (χ0v) is 13.0. The molecule has 0 saturated heterocycles. The number of fused-ring (bicyclic) bond motifs is 1. The fourth-order valence-corrected chi connectivity index (χ4v) is 2.14. The zero-order chi connectivity index (χ0) is 16.2. The Hall–Kier alpha value is -2.73. The summed E-state index contributed by atoms with van der Waals surface area (Å²) < 4.78 is 5.80. The van der Waals surface area contributed by atoms with Gasteiger partial charge in [-0.25, -0.2) is 15.0 Å². The van der Waals surface area contributed by atoms with Crippen LogP contribution >= 0.6 is 11.6 Å². The number of hydrogen-bond acceptors (Lipinski definition) is 5. The standard InChI is InChI=1S/C16H13ClN4O2/c1-10-4-5-12-11(7-10)15(20-9-19-12)23-16-13(3-2-6-18-16)21-14(22)8-17/h2-7,9H,8H2,1H3,(H,21,22). The Kier molecular flexibility index (Phi) is 4.34. The number of anilines is 1. The average Bonchev–Trinajstić information content (AvgIpc) is 2.57. The number of nitrogens with zero attached hydrogens (tertiary/aromatic N) is 3. The third-order valence-corrected chi connectivity index (χ3v) is 3.36. The number of ether oxygens (including phenoxy) is 1. The van der Waals surface area contributed by atoms with E-state index < -0.39 is 0 Å². The van der Waals surface area contributed by atoms with Crippen LogP contribution in [-0.2, 0) is 4.79 Å². The molecule has 0 spiro atoms. The molecule has 2 aromatic heterocycles. The predicted molar refractivity (Wildman–Crippen MR) is 87.9 cm³/mol. The molecule has 23 heavy (non-hydrogen) atoms. The number of aryl methyl sites for hydroxylation is 1. The molecular weight excluding hydrogens is 316 g/mol. The Balaban J connectivity index is 2.00. The maximum Gasteiger partial charge on any atom is 0.245 e. The lowest BCUT2D eigenvalue weighted by atomic mass is 10.2. The van der Waals surface area contributed by atoms with Crippen molar-refractivity contribution in [3.63, 3.8) is 0 Å². The molecule has 3 aromatic rings. The quantitative estimate of drug-likeness (QED) is 0.743. The second-order valence-electron chi connectivity index (χ2n) is 4.84. The lowest BCUT2D eigenvalue weighted by molar-refractivity contribution is -0.113. The van der Waals surface area contributed by atoms with E-state index in [1.807, 2.05) is 25.1 Å². The normalized spacial score (nSPS) is 10.5. The summed E-state index contributed by atoms with van der Waals surface area (Å²) in [5.74, 6) is 0.128. The minimum atomic E-state index is -0.340. The van der Waals surface area contributed by atoms with E-state index in [2.05, 4.69) is 20.3 Å². The van der Waals surface area contributed by atoms with E-state index in [0.29, 0.717) is 11.6 Å². The van der Waals surface area contributed by atoms with Gasteiger partial charge in [-0.05, 0) is 31.2 Å². The lowest BCUT2D eigenvalue weighted by Crippen LogP contribution is -2.13. The molecule has 0 aliphatic carbocycles. The Labute approximate surface area is 137 Å². The Morgan fingerprint density at radius 2 is 2.09 bits per heavy atom. The van der Waals surface area contributed by atoms with Crippen molar-refractivity contribution in [2.75, 3.05) is 11.2 Å². The summed E-state index contributed by atoms with van der Waals surface area (Å²) in [6.07, 6.45) is 2.99. The molecule has 0 aliphatic heterocycles. The summed E-state index contributed by atoms with van der Waals surface area (Å²) >= 11 is 5.52. The van der Waals surface area contributed by atoms with E-state index in [-0.39, 0.29) is 17.7 Å². The van der Waals surface area contributed by atoms with E-state index in [4.69, 9.17) is 16.3 Å². The van der Waals surface area contributed by atoms with E-state index in [1.165, 1.54) is 6.33 Å². The van der Waals surface area contributed by atoms with Crippen LogP contribution in [0.25, 0.3) is 10.9 Å². The van der Waals surface area contributed by atoms with Gasteiger partial charge in [0.15, 0.2) is 0 Å². The van der Waals surface area contributed by atoms with Crippen LogP contribution in [0.15, 0.2) is 42.9 Å². The van der Waals surface area contributed by atoms with Gasteiger partial charge in [-0.2, -0.15) is 0 Å². The molecule has 0 radical (unpaired) electrons. The maximum absolute atomic E-state index is 11.5. The first kappa shape index (κ1) is 15.2. The molecule has 7 heteroatoms. The number of halogens is 1. The molecule has 0 atom stereocenters. The zero-order valence-electron chi connectivity index (χ0n) is 12.3. The largest absolute Gasteiger partial charge is 0.418 e. The van der Waals surface area contributed by atoms with Gasteiger partial charge < -0.3 is 10.1 Å². The predicted octanol–water partition coefficient (Wildman–Crippen LogP) is 3.30. The number of hydrogen-bond donors (Lipinski definition) is 1. The highest BCUT2D eigenvalue weighted by Crippen LogP contribution is 2.30. The third kappa shape index (κ3) is 3.37. The highest BCUT2D eigenvalue weighted by atomic mass is 35.5. The fourth-order valence-electron chi connectivity index (χ4n) is 2.07. The molecule has 1 aromatic carbocycles. The second-order valence-corrected chi connectivity index (χ2v) is 5.11. The van der Waals surface area contributed by atoms with Crippen LogP contribution in [0.3, 0.4) is 0 Å². The molecule has 3 rings (SSSR count). The average molecular weight is 329 g/mol. The van der Waals surface area contributed by atoms with Crippen LogP contribution in [0, 0.1) is 6.92 Å². The van der Waals surface area contributed by atoms with Crippen LogP contribution < -0.4 is 10.1 Å². The number of pyridine rings is 1. The SMILES string of the molecule is Cc1ccc2ncnc(Oc3ncccc3NC(=O)CCl)c2c1. The number of alkyl halides is 1. The second kappa shape index (κ2) is 6.58. The topological polar surface area (TPSA) is 77.0 Å². The van der Waals surface area contributed by atoms with Crippen molar-refractivity contribution in [1.82, 2.24) is 15.0 Å². The van der Waals surface area contributed by atoms with E-state index in [9.17, 15) is 4.79 Å². The highest BCUT2D eigenvalue weighted by Gasteiger charge is 2.12. The van der Waals surface area contributed by atoms with Gasteiger partial charge in [0, 0.05) is 6.20 Å². The van der Waals surface area contributed by atoms with Gasteiger partial charge in [0.2, 0.25) is 17.7 Å². The van der Waals surface area contributed by atoms with Crippen molar-refractivity contribution < 1.29 is 9.53 Å². The molecule has 1 N–H and O–H groups in total. The number of amides is 1. The number of rotatable bonds is 4. The molecule has 116 valence electrons. The summed E-state index contributed by atoms with van der Waals surface area (Å²) in [5, 5.41) is 3.41. The number of benzene rings is 1. The number of nitrogens with one attached hydrogen (secondary N) is 1. The smallest absolute Gasteiger partial charge is 0.245 e. The number of carbonyl (C=O) groups is 1. The van der Waals surface area contributed by atoms with Crippen LogP contribution in [-0.4, -0.2) is 26.7 Å². The molecule has 0 bridgehead atoms. The molecule has 1 amide bonds. The Morgan fingerprint density at radius 3 is 2.91 bits per heavy atom. The molecular formula is C16H13ClN4O2. The summed E-state index contributed by atoms with van der Waals surface area (Å²) in [6, 6.07) is 9.17. The van der Waals surface area contributed by atoms with Crippen molar-refractivity contribution in [3.8, 4) is 11.8 Å². The lowest BCUT2D eigenvalue weighted by Gasteiger charge is -2.11. The summed E-state index contributed by atoms with van der Waals surface area (Å²) in [6.45, 7) is 1.98. The first-order valence-corrected chi connectivity index (χ1v) is 7.41. The summed E-state index contributed by atoms with van der Waals surface area (Å²) in [7, 11) is 0. The van der Waals surface area contributed by atoms with Crippen molar-refractivity contribution in [2.24, 2.45) is 0 Å². The Morgan fingerprint density at radius 1 is 1.22 bits per heavy atom. The van der Waals surface area contributed by atoms with Gasteiger partial charge in [0.1, 0.15) is 17.9 Å². The van der Waals surface area contributed by atoms with Crippen LogP contribution in [0.1, 0.15) is 5.56 Å².